The Morgan fingerprint density at radius 1 is 1.33 bits per heavy atom. The maximum absolute atomic E-state index is 12.5. The van der Waals surface area contributed by atoms with Gasteiger partial charge in [-0.15, -0.1) is 0 Å². The van der Waals surface area contributed by atoms with E-state index in [4.69, 9.17) is 9.47 Å². The average molecular weight is 417 g/mol. The monoisotopic (exact) mass is 416 g/mol. The highest BCUT2D eigenvalue weighted by atomic mass is 16.5. The number of nitrogens with one attached hydrogen (secondary N) is 3. The first-order valence-corrected chi connectivity index (χ1v) is 9.88. The highest BCUT2D eigenvalue weighted by Gasteiger charge is 2.31. The number of nitriles is 1. The number of nitrogens with zero attached hydrogens (tertiary/aromatic N) is 2. The van der Waals surface area contributed by atoms with Crippen LogP contribution in [0, 0.1) is 17.2 Å². The van der Waals surface area contributed by atoms with E-state index in [0.717, 1.165) is 4.90 Å². The van der Waals surface area contributed by atoms with Crippen LogP contribution in [0.3, 0.4) is 0 Å². The molecule has 0 bridgehead atoms. The molecule has 1 heterocycles. The molecule has 2 rings (SSSR count). The number of ether oxygens (including phenoxy) is 2. The van der Waals surface area contributed by atoms with E-state index in [-0.39, 0.29) is 23.9 Å². The maximum atomic E-state index is 12.5. The third-order valence-corrected chi connectivity index (χ3v) is 5.37. The Bertz CT molecular complexity index is 1010. The van der Waals surface area contributed by atoms with Gasteiger partial charge in [0.15, 0.2) is 23.9 Å². The molecular formula is C21H30N5O4+. The minimum absolute atomic E-state index is 0.0259. The van der Waals surface area contributed by atoms with Gasteiger partial charge in [-0.1, -0.05) is 13.8 Å². The number of aromatic nitrogens is 2. The molecule has 0 aliphatic heterocycles. The zero-order valence-electron chi connectivity index (χ0n) is 18.4. The number of methoxy groups -OCH3 is 2. The predicted molar refractivity (Wildman–Crippen MR) is 113 cm³/mol. The molecule has 0 radical (unpaired) electrons. The summed E-state index contributed by atoms with van der Waals surface area (Å²) in [6.45, 7) is 8.60. The molecule has 0 aliphatic carbocycles. The molecule has 1 aromatic carbocycles. The molecule has 3 N–H and O–H groups in total. The van der Waals surface area contributed by atoms with Crippen molar-refractivity contribution in [2.45, 2.75) is 39.8 Å². The standard InChI is InChI=1S/C21H29N5O4/c1-7-26(11-19(27)25-21(4,12-22)13(2)3)10-18-23-15-9-17(30-6)16(29-5)8-14(15)20(28)24-18/h8-9,13H,7,10-11H2,1-6H3,(H,25,27)(H,23,24,28)/p+1/t21-/m0/s1. The van der Waals surface area contributed by atoms with E-state index < -0.39 is 5.54 Å². The third-order valence-electron chi connectivity index (χ3n) is 5.37. The van der Waals surface area contributed by atoms with Gasteiger partial charge in [-0.2, -0.15) is 5.26 Å². The molecule has 1 aromatic heterocycles. The first-order chi connectivity index (χ1) is 14.2. The van der Waals surface area contributed by atoms with Gasteiger partial charge in [0.2, 0.25) is 0 Å². The van der Waals surface area contributed by atoms with E-state index >= 15 is 0 Å². The van der Waals surface area contributed by atoms with Crippen molar-refractivity contribution in [3.8, 4) is 17.6 Å². The Hall–Kier alpha value is -3.12. The summed E-state index contributed by atoms with van der Waals surface area (Å²) in [7, 11) is 3.02. The molecule has 2 aromatic rings. The Morgan fingerprint density at radius 2 is 1.97 bits per heavy atom. The van der Waals surface area contributed by atoms with Crippen LogP contribution in [0.2, 0.25) is 0 Å². The summed E-state index contributed by atoms with van der Waals surface area (Å²) >= 11 is 0. The minimum atomic E-state index is -0.930. The van der Waals surface area contributed by atoms with E-state index in [1.165, 1.54) is 14.2 Å². The molecule has 0 aliphatic rings. The Labute approximate surface area is 176 Å². The molecule has 0 fully saturated rings. The number of likely N-dealkylation sites (N-methyl/N-ethyl adjacent to an activating group) is 1. The summed E-state index contributed by atoms with van der Waals surface area (Å²) in [6, 6.07) is 5.43. The summed E-state index contributed by atoms with van der Waals surface area (Å²) in [5.41, 5.74) is -0.725. The number of aromatic amines is 1. The summed E-state index contributed by atoms with van der Waals surface area (Å²) in [5.74, 6) is 1.16. The average Bonchev–Trinajstić information content (AvgIpc) is 2.71. The predicted octanol–water partition coefficient (Wildman–Crippen LogP) is 0.400. The van der Waals surface area contributed by atoms with Crippen molar-refractivity contribution < 1.29 is 19.2 Å². The van der Waals surface area contributed by atoms with Crippen molar-refractivity contribution >= 4 is 16.8 Å². The van der Waals surface area contributed by atoms with Gasteiger partial charge in [0.05, 0.1) is 37.7 Å². The molecule has 0 spiro atoms. The second-order valence-electron chi connectivity index (χ2n) is 7.71. The third kappa shape index (κ3) is 5.07. The van der Waals surface area contributed by atoms with Gasteiger partial charge in [-0.25, -0.2) is 4.98 Å². The van der Waals surface area contributed by atoms with Gasteiger partial charge in [0.1, 0.15) is 12.1 Å². The van der Waals surface area contributed by atoms with E-state index in [9.17, 15) is 14.9 Å². The van der Waals surface area contributed by atoms with Crippen LogP contribution >= 0.6 is 0 Å². The number of quaternary nitrogens is 1. The van der Waals surface area contributed by atoms with Gasteiger partial charge in [0, 0.05) is 6.07 Å². The van der Waals surface area contributed by atoms with Gasteiger partial charge in [-0.3, -0.25) is 9.59 Å². The topological polar surface area (TPSA) is 122 Å². The number of hydrogen-bond donors (Lipinski definition) is 3. The molecule has 9 nitrogen and oxygen atoms in total. The Morgan fingerprint density at radius 3 is 2.50 bits per heavy atom. The smallest absolute Gasteiger partial charge is 0.276 e. The van der Waals surface area contributed by atoms with Crippen LogP contribution in [-0.4, -0.2) is 48.7 Å². The number of fused-ring (bicyclic) bond motifs is 1. The number of H-pyrrole nitrogens is 1. The normalized spacial score (nSPS) is 14.1. The lowest BCUT2D eigenvalue weighted by Gasteiger charge is -2.28. The molecule has 0 saturated carbocycles. The second-order valence-corrected chi connectivity index (χ2v) is 7.71. The molecule has 162 valence electrons. The molecule has 9 heteroatoms. The number of carbonyl (C=O) groups excluding carboxylic acids is 1. The van der Waals surface area contributed by atoms with Crippen LogP contribution < -0.4 is 25.2 Å². The van der Waals surface area contributed by atoms with Crippen LogP contribution in [0.25, 0.3) is 10.9 Å². The zero-order chi connectivity index (χ0) is 22.5. The largest absolute Gasteiger partial charge is 0.493 e. The second kappa shape index (κ2) is 9.59. The first-order valence-electron chi connectivity index (χ1n) is 9.88. The fourth-order valence-corrected chi connectivity index (χ4v) is 3.01. The van der Waals surface area contributed by atoms with Gasteiger partial charge >= 0.3 is 0 Å². The molecule has 1 amide bonds. The highest BCUT2D eigenvalue weighted by molar-refractivity contribution is 5.81. The molecule has 2 atom stereocenters. The fraction of sp³-hybridized carbons (Fsp3) is 0.524. The van der Waals surface area contributed by atoms with E-state index in [0.29, 0.717) is 41.3 Å². The van der Waals surface area contributed by atoms with Crippen molar-refractivity contribution in [3.05, 3.63) is 28.3 Å². The van der Waals surface area contributed by atoms with Crippen molar-refractivity contribution in [3.63, 3.8) is 0 Å². The highest BCUT2D eigenvalue weighted by Crippen LogP contribution is 2.29. The van der Waals surface area contributed by atoms with Crippen LogP contribution in [-0.2, 0) is 11.3 Å². The lowest BCUT2D eigenvalue weighted by molar-refractivity contribution is -0.904. The van der Waals surface area contributed by atoms with Crippen molar-refractivity contribution in [1.29, 1.82) is 5.26 Å². The maximum Gasteiger partial charge on any atom is 0.276 e. The number of benzene rings is 1. The van der Waals surface area contributed by atoms with Gasteiger partial charge in [-0.05, 0) is 25.8 Å². The summed E-state index contributed by atoms with van der Waals surface area (Å²) in [4.78, 5) is 33.3. The summed E-state index contributed by atoms with van der Waals surface area (Å²) < 4.78 is 10.5. The zero-order valence-corrected chi connectivity index (χ0v) is 18.4. The van der Waals surface area contributed by atoms with Gasteiger partial charge in [0.25, 0.3) is 11.5 Å². The van der Waals surface area contributed by atoms with Crippen LogP contribution in [0.4, 0.5) is 0 Å². The van der Waals surface area contributed by atoms with Crippen LogP contribution in [0.5, 0.6) is 11.5 Å². The molecule has 0 saturated heterocycles. The lowest BCUT2D eigenvalue weighted by atomic mass is 9.90. The number of rotatable bonds is 9. The lowest BCUT2D eigenvalue weighted by Crippen LogP contribution is -3.11. The van der Waals surface area contributed by atoms with E-state index in [1.807, 2.05) is 20.8 Å². The van der Waals surface area contributed by atoms with Crippen molar-refractivity contribution in [1.82, 2.24) is 15.3 Å². The summed E-state index contributed by atoms with van der Waals surface area (Å²) in [6.07, 6.45) is 0. The van der Waals surface area contributed by atoms with Crippen molar-refractivity contribution in [2.24, 2.45) is 5.92 Å². The Balaban J connectivity index is 2.24. The summed E-state index contributed by atoms with van der Waals surface area (Å²) in [5, 5.41) is 12.6. The molecule has 30 heavy (non-hydrogen) atoms. The van der Waals surface area contributed by atoms with Crippen LogP contribution in [0.15, 0.2) is 16.9 Å². The SMILES string of the molecule is CC[NH+](CC(=O)N[C@@](C)(C#N)C(C)C)Cc1nc2cc(OC)c(OC)cc2c(=O)[nH]1. The number of hydrogen-bond acceptors (Lipinski definition) is 6. The first kappa shape index (κ1) is 23.2. The van der Waals surface area contributed by atoms with E-state index in [2.05, 4.69) is 21.4 Å². The van der Waals surface area contributed by atoms with E-state index in [1.54, 1.807) is 19.1 Å². The number of carbonyl (C=O) groups is 1. The fourth-order valence-electron chi connectivity index (χ4n) is 3.01. The quantitative estimate of drug-likeness (QED) is 0.544. The van der Waals surface area contributed by atoms with Crippen LogP contribution in [0.1, 0.15) is 33.5 Å². The van der Waals surface area contributed by atoms with Gasteiger partial charge < -0.3 is 24.7 Å². The molecule has 1 unspecified atom stereocenters. The number of amides is 1. The minimum Gasteiger partial charge on any atom is -0.493 e. The molecular weight excluding hydrogens is 386 g/mol. The Kier molecular flexibility index (Phi) is 7.40. The van der Waals surface area contributed by atoms with Crippen molar-refractivity contribution in [2.75, 3.05) is 27.3 Å².